The van der Waals surface area contributed by atoms with Gasteiger partial charge in [0.25, 0.3) is 0 Å². The summed E-state index contributed by atoms with van der Waals surface area (Å²) in [7, 11) is 0. The van der Waals surface area contributed by atoms with Crippen molar-refractivity contribution in [2.24, 2.45) is 0 Å². The van der Waals surface area contributed by atoms with Crippen LogP contribution < -0.4 is 0 Å². The van der Waals surface area contributed by atoms with Gasteiger partial charge in [-0.2, -0.15) is 0 Å². The van der Waals surface area contributed by atoms with Crippen molar-refractivity contribution in [3.05, 3.63) is 34.2 Å². The minimum Gasteiger partial charge on any atom is -0.291 e. The van der Waals surface area contributed by atoms with Crippen LogP contribution in [0.25, 0.3) is 5.65 Å². The number of halogens is 1. The van der Waals surface area contributed by atoms with Gasteiger partial charge in [-0.3, -0.25) is 4.40 Å². The number of aromatic nitrogens is 2. The lowest BCUT2D eigenvalue weighted by molar-refractivity contribution is 0.411. The fraction of sp³-hybridized carbons (Fsp3) is 0.417. The van der Waals surface area contributed by atoms with Crippen molar-refractivity contribution in [3.8, 4) is 0 Å². The number of imidazole rings is 1. The van der Waals surface area contributed by atoms with Crippen molar-refractivity contribution in [1.82, 2.24) is 9.38 Å². The van der Waals surface area contributed by atoms with Crippen LogP contribution in [0.2, 0.25) is 0 Å². The molecular formula is C12H13BrN2. The van der Waals surface area contributed by atoms with Crippen LogP contribution in [-0.2, 0) is 0 Å². The quantitative estimate of drug-likeness (QED) is 0.769. The molecule has 1 aliphatic rings. The zero-order valence-corrected chi connectivity index (χ0v) is 10.3. The van der Waals surface area contributed by atoms with Gasteiger partial charge >= 0.3 is 0 Å². The van der Waals surface area contributed by atoms with E-state index in [0.29, 0.717) is 5.92 Å². The standard InChI is InChI=1S/C12H13BrN2/c1-8-4-2-7-10-14-11(9-5-3-6-9)12(13)15(8)10/h2,4,7,9H,3,5-6H2,1H3. The molecule has 1 aliphatic carbocycles. The van der Waals surface area contributed by atoms with Gasteiger partial charge in [0.15, 0.2) is 0 Å². The molecule has 2 aromatic heterocycles. The van der Waals surface area contributed by atoms with Gasteiger partial charge in [0, 0.05) is 11.6 Å². The van der Waals surface area contributed by atoms with Gasteiger partial charge in [0.05, 0.1) is 5.69 Å². The Morgan fingerprint density at radius 3 is 2.80 bits per heavy atom. The molecule has 0 saturated heterocycles. The lowest BCUT2D eigenvalue weighted by atomic mass is 9.83. The molecule has 0 spiro atoms. The number of aryl methyl sites for hydroxylation is 1. The number of pyridine rings is 1. The lowest BCUT2D eigenvalue weighted by Crippen LogP contribution is -2.09. The van der Waals surface area contributed by atoms with Crippen LogP contribution in [0.15, 0.2) is 22.8 Å². The highest BCUT2D eigenvalue weighted by atomic mass is 79.9. The smallest absolute Gasteiger partial charge is 0.138 e. The molecular weight excluding hydrogens is 252 g/mol. The number of fused-ring (bicyclic) bond motifs is 1. The molecule has 0 aromatic carbocycles. The molecule has 0 unspecified atom stereocenters. The third kappa shape index (κ3) is 1.33. The molecule has 78 valence electrons. The van der Waals surface area contributed by atoms with E-state index in [2.05, 4.69) is 45.5 Å². The molecule has 15 heavy (non-hydrogen) atoms. The minimum absolute atomic E-state index is 0.679. The molecule has 0 N–H and O–H groups in total. The maximum Gasteiger partial charge on any atom is 0.138 e. The van der Waals surface area contributed by atoms with Crippen molar-refractivity contribution < 1.29 is 0 Å². The number of hydrogen-bond donors (Lipinski definition) is 0. The van der Waals surface area contributed by atoms with Crippen LogP contribution in [0.5, 0.6) is 0 Å². The van der Waals surface area contributed by atoms with Crippen molar-refractivity contribution in [3.63, 3.8) is 0 Å². The topological polar surface area (TPSA) is 17.3 Å². The highest BCUT2D eigenvalue weighted by molar-refractivity contribution is 9.10. The van der Waals surface area contributed by atoms with Gasteiger partial charge in [0.2, 0.25) is 0 Å². The molecule has 0 amide bonds. The summed E-state index contributed by atoms with van der Waals surface area (Å²) in [6.45, 7) is 2.12. The molecule has 2 heterocycles. The Balaban J connectivity index is 2.24. The molecule has 0 bridgehead atoms. The van der Waals surface area contributed by atoms with E-state index < -0.39 is 0 Å². The van der Waals surface area contributed by atoms with E-state index in [-0.39, 0.29) is 0 Å². The van der Waals surface area contributed by atoms with Crippen molar-refractivity contribution in [2.75, 3.05) is 0 Å². The molecule has 0 atom stereocenters. The summed E-state index contributed by atoms with van der Waals surface area (Å²) in [5.74, 6) is 0.679. The number of rotatable bonds is 1. The Kier molecular flexibility index (Phi) is 2.09. The average molecular weight is 265 g/mol. The van der Waals surface area contributed by atoms with E-state index >= 15 is 0 Å². The van der Waals surface area contributed by atoms with Gasteiger partial charge in [-0.25, -0.2) is 4.98 Å². The molecule has 3 rings (SSSR count). The Morgan fingerprint density at radius 2 is 2.20 bits per heavy atom. The maximum absolute atomic E-state index is 4.71. The Morgan fingerprint density at radius 1 is 1.40 bits per heavy atom. The first-order valence-electron chi connectivity index (χ1n) is 5.41. The Hall–Kier alpha value is -0.830. The largest absolute Gasteiger partial charge is 0.291 e. The monoisotopic (exact) mass is 264 g/mol. The highest BCUT2D eigenvalue weighted by Gasteiger charge is 2.25. The molecule has 0 aliphatic heterocycles. The number of hydrogen-bond acceptors (Lipinski definition) is 1. The predicted molar refractivity (Wildman–Crippen MR) is 64.2 cm³/mol. The molecule has 0 radical (unpaired) electrons. The van der Waals surface area contributed by atoms with E-state index in [9.17, 15) is 0 Å². The third-order valence-electron chi connectivity index (χ3n) is 3.30. The molecule has 1 saturated carbocycles. The third-order valence-corrected chi connectivity index (χ3v) is 4.06. The summed E-state index contributed by atoms with van der Waals surface area (Å²) in [6, 6.07) is 6.25. The van der Waals surface area contributed by atoms with Gasteiger partial charge in [-0.1, -0.05) is 12.5 Å². The number of nitrogens with zero attached hydrogens (tertiary/aromatic N) is 2. The van der Waals surface area contributed by atoms with Crippen LogP contribution >= 0.6 is 15.9 Å². The Labute approximate surface area is 97.5 Å². The van der Waals surface area contributed by atoms with Gasteiger partial charge in [-0.15, -0.1) is 0 Å². The van der Waals surface area contributed by atoms with Crippen LogP contribution in [0, 0.1) is 6.92 Å². The summed E-state index contributed by atoms with van der Waals surface area (Å²) in [6.07, 6.45) is 3.94. The summed E-state index contributed by atoms with van der Waals surface area (Å²) in [5.41, 5.74) is 3.54. The fourth-order valence-corrected chi connectivity index (χ4v) is 3.05. The first-order chi connectivity index (χ1) is 7.27. The molecule has 3 heteroatoms. The first-order valence-corrected chi connectivity index (χ1v) is 6.20. The Bertz CT molecular complexity index is 512. The molecule has 2 aromatic rings. The zero-order chi connectivity index (χ0) is 10.4. The van der Waals surface area contributed by atoms with Gasteiger partial charge in [-0.05, 0) is 47.8 Å². The summed E-state index contributed by atoms with van der Waals surface area (Å²) in [5, 5.41) is 0. The maximum atomic E-state index is 4.71. The second-order valence-corrected chi connectivity index (χ2v) is 5.03. The SMILES string of the molecule is Cc1cccc2nc(C3CCC3)c(Br)n12. The molecule has 1 fully saturated rings. The normalized spacial score (nSPS) is 16.9. The van der Waals surface area contributed by atoms with E-state index in [1.54, 1.807) is 0 Å². The van der Waals surface area contributed by atoms with Crippen molar-refractivity contribution >= 4 is 21.6 Å². The average Bonchev–Trinajstić information content (AvgIpc) is 2.43. The lowest BCUT2D eigenvalue weighted by Gasteiger charge is -2.23. The predicted octanol–water partition coefficient (Wildman–Crippen LogP) is 3.67. The van der Waals surface area contributed by atoms with Gasteiger partial charge < -0.3 is 0 Å². The summed E-state index contributed by atoms with van der Waals surface area (Å²) < 4.78 is 3.34. The van der Waals surface area contributed by atoms with E-state index in [0.717, 1.165) is 10.3 Å². The van der Waals surface area contributed by atoms with E-state index in [1.807, 2.05) is 0 Å². The van der Waals surface area contributed by atoms with Crippen LogP contribution in [0.3, 0.4) is 0 Å². The molecule has 2 nitrogen and oxygen atoms in total. The zero-order valence-electron chi connectivity index (χ0n) is 8.70. The van der Waals surface area contributed by atoms with E-state index in [1.165, 1.54) is 30.7 Å². The summed E-state index contributed by atoms with van der Waals surface area (Å²) in [4.78, 5) is 4.71. The van der Waals surface area contributed by atoms with E-state index in [4.69, 9.17) is 4.98 Å². The fourth-order valence-electron chi connectivity index (χ4n) is 2.17. The van der Waals surface area contributed by atoms with Crippen molar-refractivity contribution in [2.45, 2.75) is 32.1 Å². The van der Waals surface area contributed by atoms with Crippen molar-refractivity contribution in [1.29, 1.82) is 0 Å². The first kappa shape index (κ1) is 9.40. The second-order valence-electron chi connectivity index (χ2n) is 4.28. The second kappa shape index (κ2) is 3.34. The van der Waals surface area contributed by atoms with Crippen LogP contribution in [-0.4, -0.2) is 9.38 Å². The van der Waals surface area contributed by atoms with Crippen LogP contribution in [0.4, 0.5) is 0 Å². The summed E-state index contributed by atoms with van der Waals surface area (Å²) >= 11 is 3.68. The highest BCUT2D eigenvalue weighted by Crippen LogP contribution is 2.39. The van der Waals surface area contributed by atoms with Crippen LogP contribution in [0.1, 0.15) is 36.6 Å². The minimum atomic E-state index is 0.679. The van der Waals surface area contributed by atoms with Gasteiger partial charge in [0.1, 0.15) is 10.3 Å².